The predicted octanol–water partition coefficient (Wildman–Crippen LogP) is 5.00. The van der Waals surface area contributed by atoms with Gasteiger partial charge < -0.3 is 31.3 Å². The second-order valence-corrected chi connectivity index (χ2v) is 16.3. The summed E-state index contributed by atoms with van der Waals surface area (Å²) in [7, 11) is 0. The van der Waals surface area contributed by atoms with E-state index in [1.54, 1.807) is 0 Å². The molecule has 0 spiro atoms. The standard InChI is InChI=1S/C45H55N5O6/c51-43(52)39(35-11-14-46-23-35)19-29-3-1-5-32(17-29)26-50(27-33-6-2-4-30(18-33)20-40(44(53)54)36-12-15-47-24-36)28-38-10-9-34-8-7-31(22-42(34)49-38)21-41(45(55)56)37-13-16-48-25-37/h1-10,17-18,22,35-37,39-41,46-48H,11-16,19-21,23-28H2,(H,51,52)(H,53,54)(H,55,56)/t35-,36-,37-,39-,40-,41-/m0/s1. The number of hydrogen-bond donors (Lipinski definition) is 6. The maximum atomic E-state index is 12.3. The van der Waals surface area contributed by atoms with E-state index in [4.69, 9.17) is 4.98 Å². The van der Waals surface area contributed by atoms with Gasteiger partial charge >= 0.3 is 17.9 Å². The Balaban J connectivity index is 1.13. The summed E-state index contributed by atoms with van der Waals surface area (Å²) >= 11 is 0. The first-order valence-corrected chi connectivity index (χ1v) is 20.3. The zero-order chi connectivity index (χ0) is 39.0. The maximum Gasteiger partial charge on any atom is 0.307 e. The lowest BCUT2D eigenvalue weighted by molar-refractivity contribution is -0.144. The first-order chi connectivity index (χ1) is 27.2. The predicted molar refractivity (Wildman–Crippen MR) is 215 cm³/mol. The molecule has 6 atom stereocenters. The van der Waals surface area contributed by atoms with E-state index in [2.05, 4.69) is 51.2 Å². The average molecular weight is 762 g/mol. The fourth-order valence-corrected chi connectivity index (χ4v) is 9.23. The summed E-state index contributed by atoms with van der Waals surface area (Å²) in [6, 6.07) is 26.7. The van der Waals surface area contributed by atoms with Gasteiger partial charge in [-0.3, -0.25) is 24.3 Å². The molecule has 0 aliphatic carbocycles. The quantitative estimate of drug-likeness (QED) is 0.0810. The van der Waals surface area contributed by atoms with Gasteiger partial charge in [0.25, 0.3) is 0 Å². The third-order valence-corrected chi connectivity index (χ3v) is 12.3. The second kappa shape index (κ2) is 18.5. The van der Waals surface area contributed by atoms with E-state index in [0.29, 0.717) is 38.9 Å². The molecule has 11 nitrogen and oxygen atoms in total. The summed E-state index contributed by atoms with van der Waals surface area (Å²) in [6.45, 7) is 6.48. The number of rotatable bonds is 18. The van der Waals surface area contributed by atoms with Crippen molar-refractivity contribution in [1.29, 1.82) is 0 Å². The Hall–Kier alpha value is -4.68. The van der Waals surface area contributed by atoms with Crippen molar-refractivity contribution in [2.24, 2.45) is 35.5 Å². The number of hydrogen-bond acceptors (Lipinski definition) is 8. The SMILES string of the molecule is O=C(O)[C@@H](Cc1cccc(CN(Cc2cccc(C[C@H](C(=O)O)[C@H]3CCNC3)c2)Cc2ccc3ccc(C[C@H](C(=O)O)[C@H]4CCNC4)cc3n2)c1)[C@H]1CCNC1. The van der Waals surface area contributed by atoms with Gasteiger partial charge in [0.2, 0.25) is 0 Å². The highest BCUT2D eigenvalue weighted by Gasteiger charge is 2.33. The molecule has 3 fully saturated rings. The molecule has 0 unspecified atom stereocenters. The molecule has 0 amide bonds. The summed E-state index contributed by atoms with van der Waals surface area (Å²) in [5.41, 5.74) is 6.86. The summed E-state index contributed by atoms with van der Waals surface area (Å²) in [4.78, 5) is 44.3. The third-order valence-electron chi connectivity index (χ3n) is 12.3. The highest BCUT2D eigenvalue weighted by molar-refractivity contribution is 5.80. The van der Waals surface area contributed by atoms with E-state index < -0.39 is 35.7 Å². The minimum atomic E-state index is -0.757. The van der Waals surface area contributed by atoms with Crippen molar-refractivity contribution >= 4 is 28.8 Å². The molecule has 7 rings (SSSR count). The molecule has 296 valence electrons. The van der Waals surface area contributed by atoms with Crippen molar-refractivity contribution in [1.82, 2.24) is 25.8 Å². The van der Waals surface area contributed by atoms with Crippen LogP contribution < -0.4 is 16.0 Å². The van der Waals surface area contributed by atoms with E-state index in [-0.39, 0.29) is 17.8 Å². The van der Waals surface area contributed by atoms with Gasteiger partial charge in [-0.05, 0) is 135 Å². The number of nitrogens with zero attached hydrogens (tertiary/aromatic N) is 2. The molecule has 11 heteroatoms. The van der Waals surface area contributed by atoms with Gasteiger partial charge in [0.15, 0.2) is 0 Å². The van der Waals surface area contributed by atoms with Crippen LogP contribution in [-0.4, -0.2) is 82.4 Å². The van der Waals surface area contributed by atoms with Crippen molar-refractivity contribution in [2.45, 2.75) is 58.2 Å². The molecule has 0 saturated carbocycles. The zero-order valence-electron chi connectivity index (χ0n) is 32.0. The average Bonchev–Trinajstić information content (AvgIpc) is 4.00. The highest BCUT2D eigenvalue weighted by atomic mass is 16.4. The van der Waals surface area contributed by atoms with Crippen LogP contribution in [-0.2, 0) is 53.3 Å². The second-order valence-electron chi connectivity index (χ2n) is 16.3. The minimum absolute atomic E-state index is 0.109. The Labute approximate surface area is 328 Å². The van der Waals surface area contributed by atoms with Gasteiger partial charge in [-0.1, -0.05) is 66.7 Å². The lowest BCUT2D eigenvalue weighted by atomic mass is 9.86. The van der Waals surface area contributed by atoms with Gasteiger partial charge in [0, 0.05) is 25.0 Å². The Morgan fingerprint density at radius 3 is 1.43 bits per heavy atom. The van der Waals surface area contributed by atoms with Crippen LogP contribution in [0.4, 0.5) is 0 Å². The van der Waals surface area contributed by atoms with Crippen LogP contribution in [0.5, 0.6) is 0 Å². The van der Waals surface area contributed by atoms with Gasteiger partial charge in [-0.25, -0.2) is 0 Å². The number of aliphatic carboxylic acids is 3. The molecule has 4 aromatic rings. The Morgan fingerprint density at radius 2 is 1.00 bits per heavy atom. The van der Waals surface area contributed by atoms with Crippen LogP contribution in [0, 0.1) is 35.5 Å². The lowest BCUT2D eigenvalue weighted by Crippen LogP contribution is -2.28. The van der Waals surface area contributed by atoms with Gasteiger partial charge in [0.1, 0.15) is 0 Å². The number of fused-ring (bicyclic) bond motifs is 1. The zero-order valence-corrected chi connectivity index (χ0v) is 32.0. The van der Waals surface area contributed by atoms with E-state index in [1.807, 2.05) is 48.5 Å². The third kappa shape index (κ3) is 10.2. The van der Waals surface area contributed by atoms with Crippen LogP contribution in [0.15, 0.2) is 78.9 Å². The van der Waals surface area contributed by atoms with Gasteiger partial charge in [-0.15, -0.1) is 0 Å². The Morgan fingerprint density at radius 1 is 0.571 bits per heavy atom. The molecule has 0 bridgehead atoms. The topological polar surface area (TPSA) is 164 Å². The molecule has 1 aromatic heterocycles. The first-order valence-electron chi connectivity index (χ1n) is 20.3. The summed E-state index contributed by atoms with van der Waals surface area (Å²) in [5, 5.41) is 41.2. The number of pyridine rings is 1. The van der Waals surface area contributed by atoms with Gasteiger partial charge in [0.05, 0.1) is 29.0 Å². The van der Waals surface area contributed by atoms with E-state index in [1.165, 1.54) is 0 Å². The smallest absolute Gasteiger partial charge is 0.307 e. The molecule has 6 N–H and O–H groups in total. The van der Waals surface area contributed by atoms with Crippen LogP contribution in [0.1, 0.15) is 52.8 Å². The largest absolute Gasteiger partial charge is 0.481 e. The summed E-state index contributed by atoms with van der Waals surface area (Å²) < 4.78 is 0. The van der Waals surface area contributed by atoms with E-state index in [0.717, 1.165) is 103 Å². The number of benzene rings is 3. The number of nitrogens with one attached hydrogen (secondary N) is 3. The van der Waals surface area contributed by atoms with Crippen LogP contribution >= 0.6 is 0 Å². The maximum absolute atomic E-state index is 12.3. The van der Waals surface area contributed by atoms with Crippen molar-refractivity contribution in [2.75, 3.05) is 39.3 Å². The number of carbonyl (C=O) groups is 3. The molecule has 56 heavy (non-hydrogen) atoms. The molecule has 3 aliphatic heterocycles. The fourth-order valence-electron chi connectivity index (χ4n) is 9.23. The number of carboxylic acid groups (broad SMARTS) is 3. The molecule has 3 aliphatic rings. The Kier molecular flexibility index (Phi) is 13.1. The van der Waals surface area contributed by atoms with E-state index >= 15 is 0 Å². The molecule has 0 radical (unpaired) electrons. The molecule has 4 heterocycles. The van der Waals surface area contributed by atoms with Gasteiger partial charge in [-0.2, -0.15) is 0 Å². The Bertz CT molecular complexity index is 1910. The fraction of sp³-hybridized carbons (Fsp3) is 0.467. The molecular weight excluding hydrogens is 707 g/mol. The van der Waals surface area contributed by atoms with Crippen molar-refractivity contribution in [3.05, 3.63) is 112 Å². The summed E-state index contributed by atoms with van der Waals surface area (Å²) in [5.74, 6) is -3.26. The van der Waals surface area contributed by atoms with Crippen LogP contribution in [0.2, 0.25) is 0 Å². The highest BCUT2D eigenvalue weighted by Crippen LogP contribution is 2.28. The summed E-state index contributed by atoms with van der Waals surface area (Å²) in [6.07, 6.45) is 4.02. The lowest BCUT2D eigenvalue weighted by Gasteiger charge is -2.24. The normalized spacial score (nSPS) is 21.3. The monoisotopic (exact) mass is 761 g/mol. The van der Waals surface area contributed by atoms with Crippen LogP contribution in [0.25, 0.3) is 10.9 Å². The number of carboxylic acids is 3. The molecule has 3 aromatic carbocycles. The van der Waals surface area contributed by atoms with Crippen molar-refractivity contribution < 1.29 is 29.7 Å². The van der Waals surface area contributed by atoms with Crippen molar-refractivity contribution in [3.8, 4) is 0 Å². The van der Waals surface area contributed by atoms with Crippen LogP contribution in [0.3, 0.4) is 0 Å². The first kappa shape index (κ1) is 39.6. The number of aromatic nitrogens is 1. The molecule has 3 saturated heterocycles. The van der Waals surface area contributed by atoms with Crippen molar-refractivity contribution in [3.63, 3.8) is 0 Å². The minimum Gasteiger partial charge on any atom is -0.481 e. The van der Waals surface area contributed by atoms with E-state index in [9.17, 15) is 29.7 Å². The molecular formula is C45H55N5O6.